The zero-order valence-corrected chi connectivity index (χ0v) is 13.1. The molecule has 3 rings (SSSR count). The summed E-state index contributed by atoms with van der Waals surface area (Å²) in [6.45, 7) is 2.15. The highest BCUT2D eigenvalue weighted by molar-refractivity contribution is 6.13. The minimum absolute atomic E-state index is 0.00737. The monoisotopic (exact) mass is 330 g/mol. The van der Waals surface area contributed by atoms with E-state index in [2.05, 4.69) is 5.32 Å². The van der Waals surface area contributed by atoms with Gasteiger partial charge in [0.2, 0.25) is 11.8 Å². The number of rotatable bonds is 3. The van der Waals surface area contributed by atoms with Crippen LogP contribution in [-0.2, 0) is 9.59 Å². The van der Waals surface area contributed by atoms with E-state index in [0.29, 0.717) is 5.69 Å². The van der Waals surface area contributed by atoms with Crippen LogP contribution in [0.4, 0.5) is 20.2 Å². The van der Waals surface area contributed by atoms with Crippen molar-refractivity contribution in [3.63, 3.8) is 0 Å². The van der Waals surface area contributed by atoms with E-state index in [9.17, 15) is 18.4 Å². The first kappa shape index (κ1) is 16.1. The number of nitrogens with one attached hydrogen (secondary N) is 1. The van der Waals surface area contributed by atoms with Crippen molar-refractivity contribution in [3.8, 4) is 0 Å². The molecule has 0 spiro atoms. The molecular formula is C18H16F2N2O2. The van der Waals surface area contributed by atoms with Crippen LogP contribution in [0.1, 0.15) is 12.0 Å². The minimum atomic E-state index is -0.879. The molecule has 124 valence electrons. The van der Waals surface area contributed by atoms with Crippen LogP contribution in [0.3, 0.4) is 0 Å². The summed E-state index contributed by atoms with van der Waals surface area (Å²) in [5.41, 5.74) is 1.65. The van der Waals surface area contributed by atoms with Gasteiger partial charge in [-0.2, -0.15) is 0 Å². The van der Waals surface area contributed by atoms with Crippen molar-refractivity contribution in [3.05, 3.63) is 59.7 Å². The number of aryl methyl sites for hydroxylation is 1. The number of carbonyl (C=O) groups excluding carboxylic acids is 2. The molecular weight excluding hydrogens is 314 g/mol. The first-order chi connectivity index (χ1) is 11.5. The summed E-state index contributed by atoms with van der Waals surface area (Å²) in [7, 11) is 0. The number of carbonyl (C=O) groups is 2. The van der Waals surface area contributed by atoms with E-state index >= 15 is 0 Å². The van der Waals surface area contributed by atoms with Gasteiger partial charge in [0.15, 0.2) is 0 Å². The second kappa shape index (κ2) is 6.39. The quantitative estimate of drug-likeness (QED) is 0.878. The van der Waals surface area contributed by atoms with Gasteiger partial charge in [-0.05, 0) is 37.6 Å². The van der Waals surface area contributed by atoms with Crippen LogP contribution in [0.15, 0.2) is 42.5 Å². The number of hydrogen-bond donors (Lipinski definition) is 1. The third-order valence-electron chi connectivity index (χ3n) is 4.04. The van der Waals surface area contributed by atoms with Crippen LogP contribution < -0.4 is 10.2 Å². The van der Waals surface area contributed by atoms with Gasteiger partial charge in [-0.25, -0.2) is 8.78 Å². The molecule has 1 aliphatic heterocycles. The summed E-state index contributed by atoms with van der Waals surface area (Å²) in [4.78, 5) is 25.9. The first-order valence-electron chi connectivity index (χ1n) is 7.59. The Kier molecular flexibility index (Phi) is 4.29. The van der Waals surface area contributed by atoms with Crippen LogP contribution in [0, 0.1) is 24.5 Å². The predicted molar refractivity (Wildman–Crippen MR) is 86.6 cm³/mol. The molecule has 1 saturated heterocycles. The molecule has 4 nitrogen and oxygen atoms in total. The summed E-state index contributed by atoms with van der Waals surface area (Å²) < 4.78 is 26.9. The van der Waals surface area contributed by atoms with Gasteiger partial charge in [-0.3, -0.25) is 9.59 Å². The lowest BCUT2D eigenvalue weighted by molar-refractivity contribution is -0.129. The fourth-order valence-electron chi connectivity index (χ4n) is 2.73. The smallest absolute Gasteiger partial charge is 0.239 e. The van der Waals surface area contributed by atoms with Crippen molar-refractivity contribution in [2.75, 3.05) is 16.8 Å². The summed E-state index contributed by atoms with van der Waals surface area (Å²) >= 11 is 0. The summed E-state index contributed by atoms with van der Waals surface area (Å²) in [5, 5.41) is 2.70. The Labute approximate surface area is 138 Å². The van der Waals surface area contributed by atoms with Crippen molar-refractivity contribution < 1.29 is 18.4 Å². The maximum Gasteiger partial charge on any atom is 0.239 e. The second-order valence-electron chi connectivity index (χ2n) is 5.78. The van der Waals surface area contributed by atoms with Crippen LogP contribution in [-0.4, -0.2) is 18.4 Å². The molecule has 1 heterocycles. The number of halogens is 2. The summed E-state index contributed by atoms with van der Waals surface area (Å²) in [6, 6.07) is 10.2. The van der Waals surface area contributed by atoms with E-state index in [1.807, 2.05) is 19.1 Å². The van der Waals surface area contributed by atoms with Gasteiger partial charge in [0.05, 0.1) is 5.69 Å². The molecule has 0 radical (unpaired) electrons. The molecule has 1 fully saturated rings. The van der Waals surface area contributed by atoms with Crippen molar-refractivity contribution in [1.82, 2.24) is 0 Å². The lowest BCUT2D eigenvalue weighted by Crippen LogP contribution is -2.33. The normalized spacial score (nSPS) is 17.2. The van der Waals surface area contributed by atoms with E-state index in [4.69, 9.17) is 0 Å². The molecule has 0 aliphatic carbocycles. The van der Waals surface area contributed by atoms with Crippen molar-refractivity contribution in [2.24, 2.45) is 5.92 Å². The van der Waals surface area contributed by atoms with E-state index in [1.165, 1.54) is 11.0 Å². The van der Waals surface area contributed by atoms with Gasteiger partial charge >= 0.3 is 0 Å². The molecule has 1 N–H and O–H groups in total. The third-order valence-corrected chi connectivity index (χ3v) is 4.04. The maximum atomic E-state index is 13.9. The minimum Gasteiger partial charge on any atom is -0.325 e. The molecule has 1 atom stereocenters. The number of hydrogen-bond acceptors (Lipinski definition) is 2. The Morgan fingerprint density at radius 2 is 1.88 bits per heavy atom. The molecule has 1 aliphatic rings. The Hall–Kier alpha value is -2.76. The Bertz CT molecular complexity index is 790. The van der Waals surface area contributed by atoms with E-state index in [1.54, 1.807) is 12.1 Å². The number of nitrogens with zero attached hydrogens (tertiary/aromatic N) is 1. The molecule has 24 heavy (non-hydrogen) atoms. The summed E-state index contributed by atoms with van der Waals surface area (Å²) in [6.07, 6.45) is 0.285. The van der Waals surface area contributed by atoms with E-state index in [0.717, 1.165) is 17.7 Å². The molecule has 0 bridgehead atoms. The highest BCUT2D eigenvalue weighted by atomic mass is 19.1. The molecule has 2 aromatic rings. The highest BCUT2D eigenvalue weighted by Crippen LogP contribution is 2.28. The van der Waals surface area contributed by atoms with Crippen LogP contribution >= 0.6 is 0 Å². The van der Waals surface area contributed by atoms with Crippen molar-refractivity contribution in [2.45, 2.75) is 13.3 Å². The molecule has 2 aromatic carbocycles. The number of benzene rings is 2. The van der Waals surface area contributed by atoms with Gasteiger partial charge in [-0.15, -0.1) is 0 Å². The lowest BCUT2D eigenvalue weighted by atomic mass is 10.1. The fourth-order valence-corrected chi connectivity index (χ4v) is 2.73. The molecule has 0 aromatic heterocycles. The van der Waals surface area contributed by atoms with Crippen LogP contribution in [0.2, 0.25) is 0 Å². The maximum absolute atomic E-state index is 13.9. The average molecular weight is 330 g/mol. The van der Waals surface area contributed by atoms with Gasteiger partial charge in [0.1, 0.15) is 17.6 Å². The predicted octanol–water partition coefficient (Wildman–Crippen LogP) is 3.26. The third kappa shape index (κ3) is 3.13. The fraction of sp³-hybridized carbons (Fsp3) is 0.222. The molecule has 0 saturated carbocycles. The lowest BCUT2D eigenvalue weighted by Gasteiger charge is -2.17. The molecule has 0 unspecified atom stereocenters. The zero-order chi connectivity index (χ0) is 17.3. The molecule has 2 amide bonds. The van der Waals surface area contributed by atoms with Gasteiger partial charge in [0.25, 0.3) is 0 Å². The van der Waals surface area contributed by atoms with Gasteiger partial charge < -0.3 is 10.2 Å². The van der Waals surface area contributed by atoms with Gasteiger partial charge in [-0.1, -0.05) is 17.7 Å². The first-order valence-corrected chi connectivity index (χ1v) is 7.59. The Morgan fingerprint density at radius 3 is 2.54 bits per heavy atom. The number of anilines is 2. The van der Waals surface area contributed by atoms with E-state index in [-0.39, 0.29) is 18.7 Å². The average Bonchev–Trinajstić information content (AvgIpc) is 2.91. The van der Waals surface area contributed by atoms with Crippen LogP contribution in [0.25, 0.3) is 0 Å². The van der Waals surface area contributed by atoms with Crippen molar-refractivity contribution >= 4 is 23.2 Å². The standard InChI is InChI=1S/C18H16F2N2O2/c1-11-2-5-13(6-3-11)21-17(23)14-8-9-22(18(14)24)16-7-4-12(19)10-15(16)20/h2-7,10,14H,8-9H2,1H3,(H,21,23)/t14-/m1/s1. The highest BCUT2D eigenvalue weighted by Gasteiger charge is 2.38. The Morgan fingerprint density at radius 1 is 1.17 bits per heavy atom. The Balaban J connectivity index is 1.73. The van der Waals surface area contributed by atoms with E-state index < -0.39 is 29.4 Å². The number of amides is 2. The molecule has 6 heteroatoms. The van der Waals surface area contributed by atoms with Crippen molar-refractivity contribution in [1.29, 1.82) is 0 Å². The summed E-state index contributed by atoms with van der Waals surface area (Å²) in [5.74, 6) is -3.31. The topological polar surface area (TPSA) is 49.4 Å². The zero-order valence-electron chi connectivity index (χ0n) is 13.1. The second-order valence-corrected chi connectivity index (χ2v) is 5.78. The van der Waals surface area contributed by atoms with Crippen LogP contribution in [0.5, 0.6) is 0 Å². The largest absolute Gasteiger partial charge is 0.325 e. The van der Waals surface area contributed by atoms with Gasteiger partial charge in [0, 0.05) is 18.3 Å². The SMILES string of the molecule is Cc1ccc(NC(=O)[C@H]2CCN(c3ccc(F)cc3F)C2=O)cc1.